The van der Waals surface area contributed by atoms with Gasteiger partial charge in [-0.05, 0) is 31.0 Å². The zero-order valence-corrected chi connectivity index (χ0v) is 11.0. The first-order valence-corrected chi connectivity index (χ1v) is 6.14. The molecular formula is C13H18ClNO2. The lowest BCUT2D eigenvalue weighted by Crippen LogP contribution is -2.30. The number of halogens is 1. The summed E-state index contributed by atoms with van der Waals surface area (Å²) in [7, 11) is 0. The largest absolute Gasteiger partial charge is 0.372 e. The molecule has 4 heteroatoms. The molecule has 1 amide bonds. The number of carbonyl (C=O) groups excluding carboxylic acids is 1. The van der Waals surface area contributed by atoms with Crippen LogP contribution in [0, 0.1) is 0 Å². The summed E-state index contributed by atoms with van der Waals surface area (Å²) in [6, 6.07) is 7.40. The number of benzene rings is 1. The molecule has 3 nitrogen and oxygen atoms in total. The summed E-state index contributed by atoms with van der Waals surface area (Å²) in [5.74, 6) is -0.106. The number of ether oxygens (including phenoxy) is 1. The number of carbonyl (C=O) groups is 1. The van der Waals surface area contributed by atoms with Crippen molar-refractivity contribution in [3.8, 4) is 0 Å². The van der Waals surface area contributed by atoms with Crippen LogP contribution in [-0.4, -0.2) is 19.1 Å². The van der Waals surface area contributed by atoms with E-state index >= 15 is 0 Å². The van der Waals surface area contributed by atoms with Crippen molar-refractivity contribution >= 4 is 17.5 Å². The molecule has 1 N–H and O–H groups in total. The second-order valence-corrected chi connectivity index (χ2v) is 4.33. The van der Waals surface area contributed by atoms with E-state index in [4.69, 9.17) is 16.3 Å². The third-order valence-electron chi connectivity index (χ3n) is 2.31. The minimum absolute atomic E-state index is 0.0635. The van der Waals surface area contributed by atoms with Gasteiger partial charge in [0.1, 0.15) is 6.61 Å². The maximum absolute atomic E-state index is 11.5. The van der Waals surface area contributed by atoms with Gasteiger partial charge in [-0.25, -0.2) is 0 Å². The average molecular weight is 256 g/mol. The highest BCUT2D eigenvalue weighted by Gasteiger charge is 2.09. The highest BCUT2D eigenvalue weighted by molar-refractivity contribution is 6.30. The van der Waals surface area contributed by atoms with E-state index in [9.17, 15) is 4.79 Å². The summed E-state index contributed by atoms with van der Waals surface area (Å²) in [4.78, 5) is 11.5. The molecule has 0 unspecified atom stereocenters. The van der Waals surface area contributed by atoms with Crippen LogP contribution in [0.15, 0.2) is 24.3 Å². The quantitative estimate of drug-likeness (QED) is 0.794. The molecule has 0 spiro atoms. The van der Waals surface area contributed by atoms with Crippen LogP contribution in [0.1, 0.15) is 31.9 Å². The van der Waals surface area contributed by atoms with E-state index in [0.717, 1.165) is 12.0 Å². The van der Waals surface area contributed by atoms with Crippen LogP contribution < -0.4 is 5.32 Å². The smallest absolute Gasteiger partial charge is 0.246 e. The van der Waals surface area contributed by atoms with Gasteiger partial charge in [-0.3, -0.25) is 4.79 Å². The van der Waals surface area contributed by atoms with Gasteiger partial charge < -0.3 is 10.1 Å². The van der Waals surface area contributed by atoms with Gasteiger partial charge in [0, 0.05) is 11.6 Å². The Kier molecular flexibility index (Phi) is 6.01. The van der Waals surface area contributed by atoms with Crippen molar-refractivity contribution in [3.05, 3.63) is 34.9 Å². The average Bonchev–Trinajstić information content (AvgIpc) is 2.29. The van der Waals surface area contributed by atoms with Crippen LogP contribution >= 0.6 is 11.6 Å². The summed E-state index contributed by atoms with van der Waals surface area (Å²) in [6.07, 6.45) is 0.914. The normalized spacial score (nSPS) is 12.2. The minimum Gasteiger partial charge on any atom is -0.372 e. The Hall–Kier alpha value is -1.06. The van der Waals surface area contributed by atoms with Crippen molar-refractivity contribution in [2.75, 3.05) is 13.2 Å². The van der Waals surface area contributed by atoms with Crippen LogP contribution in [0.2, 0.25) is 5.02 Å². The van der Waals surface area contributed by atoms with Crippen LogP contribution in [0.5, 0.6) is 0 Å². The molecule has 0 aliphatic carbocycles. The monoisotopic (exact) mass is 255 g/mol. The van der Waals surface area contributed by atoms with E-state index in [1.165, 1.54) is 0 Å². The van der Waals surface area contributed by atoms with Gasteiger partial charge in [-0.15, -0.1) is 0 Å². The molecule has 0 heterocycles. The number of amides is 1. The predicted octanol–water partition coefficient (Wildman–Crippen LogP) is 2.94. The zero-order valence-electron chi connectivity index (χ0n) is 10.2. The molecule has 0 aromatic heterocycles. The van der Waals surface area contributed by atoms with Crippen molar-refractivity contribution in [1.82, 2.24) is 5.32 Å². The molecule has 0 fully saturated rings. The number of hydrogen-bond donors (Lipinski definition) is 1. The highest BCUT2D eigenvalue weighted by Crippen LogP contribution is 2.17. The van der Waals surface area contributed by atoms with Gasteiger partial charge in [0.05, 0.1) is 6.04 Å². The lowest BCUT2D eigenvalue weighted by Gasteiger charge is -2.14. The third kappa shape index (κ3) is 5.20. The molecule has 1 aromatic carbocycles. The van der Waals surface area contributed by atoms with Gasteiger partial charge >= 0.3 is 0 Å². The van der Waals surface area contributed by atoms with Crippen molar-refractivity contribution in [3.63, 3.8) is 0 Å². The maximum Gasteiger partial charge on any atom is 0.246 e. The topological polar surface area (TPSA) is 38.3 Å². The Labute approximate surface area is 107 Å². The summed E-state index contributed by atoms with van der Waals surface area (Å²) >= 11 is 5.89. The molecule has 1 aromatic rings. The first kappa shape index (κ1) is 14.0. The zero-order chi connectivity index (χ0) is 12.7. The number of hydrogen-bond acceptors (Lipinski definition) is 2. The fourth-order valence-corrected chi connectivity index (χ4v) is 1.65. The molecule has 17 heavy (non-hydrogen) atoms. The van der Waals surface area contributed by atoms with E-state index in [0.29, 0.717) is 11.6 Å². The Morgan fingerprint density at radius 1 is 1.53 bits per heavy atom. The van der Waals surface area contributed by atoms with Gasteiger partial charge in [-0.1, -0.05) is 30.7 Å². The summed E-state index contributed by atoms with van der Waals surface area (Å²) < 4.78 is 5.17. The predicted molar refractivity (Wildman–Crippen MR) is 69.1 cm³/mol. The summed E-state index contributed by atoms with van der Waals surface area (Å²) in [6.45, 7) is 4.65. The molecule has 94 valence electrons. The minimum atomic E-state index is -0.106. The number of nitrogens with one attached hydrogen (secondary N) is 1. The summed E-state index contributed by atoms with van der Waals surface area (Å²) in [5.41, 5.74) is 0.987. The molecule has 0 radical (unpaired) electrons. The van der Waals surface area contributed by atoms with Crippen LogP contribution in [0.4, 0.5) is 0 Å². The third-order valence-corrected chi connectivity index (χ3v) is 2.54. The summed E-state index contributed by atoms with van der Waals surface area (Å²) in [5, 5.41) is 3.53. The molecule has 0 saturated heterocycles. The molecule has 0 aliphatic heterocycles. The van der Waals surface area contributed by atoms with Gasteiger partial charge in [-0.2, -0.15) is 0 Å². The van der Waals surface area contributed by atoms with E-state index < -0.39 is 0 Å². The Morgan fingerprint density at radius 2 is 2.29 bits per heavy atom. The fourth-order valence-electron chi connectivity index (χ4n) is 1.45. The van der Waals surface area contributed by atoms with Gasteiger partial charge in [0.15, 0.2) is 0 Å². The van der Waals surface area contributed by atoms with Crippen LogP contribution in [0.3, 0.4) is 0 Å². The fraction of sp³-hybridized carbons (Fsp3) is 0.462. The lowest BCUT2D eigenvalue weighted by atomic mass is 10.1. The van der Waals surface area contributed by atoms with Crippen LogP contribution in [0.25, 0.3) is 0 Å². The van der Waals surface area contributed by atoms with E-state index in [2.05, 4.69) is 5.32 Å². The second-order valence-electron chi connectivity index (χ2n) is 3.90. The SMILES string of the molecule is CCCOCC(=O)N[C@H](C)c1cccc(Cl)c1. The van der Waals surface area contributed by atoms with Crippen LogP contribution in [-0.2, 0) is 9.53 Å². The maximum atomic E-state index is 11.5. The highest BCUT2D eigenvalue weighted by atomic mass is 35.5. The molecular weight excluding hydrogens is 238 g/mol. The molecule has 1 rings (SSSR count). The van der Waals surface area contributed by atoms with Crippen molar-refractivity contribution in [2.45, 2.75) is 26.3 Å². The van der Waals surface area contributed by atoms with Crippen molar-refractivity contribution in [2.24, 2.45) is 0 Å². The Morgan fingerprint density at radius 3 is 2.94 bits per heavy atom. The van der Waals surface area contributed by atoms with Crippen molar-refractivity contribution in [1.29, 1.82) is 0 Å². The first-order valence-electron chi connectivity index (χ1n) is 5.76. The van der Waals surface area contributed by atoms with Gasteiger partial charge in [0.25, 0.3) is 0 Å². The molecule has 1 atom stereocenters. The van der Waals surface area contributed by atoms with E-state index in [1.807, 2.05) is 38.1 Å². The molecule has 0 saturated carbocycles. The second kappa shape index (κ2) is 7.30. The van der Waals surface area contributed by atoms with Crippen molar-refractivity contribution < 1.29 is 9.53 Å². The Bertz CT molecular complexity index is 368. The standard InChI is InChI=1S/C13H18ClNO2/c1-3-7-17-9-13(16)15-10(2)11-5-4-6-12(14)8-11/h4-6,8,10H,3,7,9H2,1-2H3,(H,15,16)/t10-/m1/s1. The lowest BCUT2D eigenvalue weighted by molar-refractivity contribution is -0.126. The number of rotatable bonds is 6. The first-order chi connectivity index (χ1) is 8.13. The van der Waals surface area contributed by atoms with E-state index in [-0.39, 0.29) is 18.6 Å². The van der Waals surface area contributed by atoms with Gasteiger partial charge in [0.2, 0.25) is 5.91 Å². The Balaban J connectivity index is 2.43. The van der Waals surface area contributed by atoms with E-state index in [1.54, 1.807) is 0 Å². The molecule has 0 aliphatic rings. The molecule has 0 bridgehead atoms.